The second kappa shape index (κ2) is 9.64. The number of methoxy groups -OCH3 is 1. The maximum Gasteiger partial charge on any atom is 0.251 e. The Kier molecular flexibility index (Phi) is 6.95. The second-order valence-electron chi connectivity index (χ2n) is 8.09. The second-order valence-corrected chi connectivity index (χ2v) is 8.09. The van der Waals surface area contributed by atoms with Gasteiger partial charge in [-0.05, 0) is 49.6 Å². The Morgan fingerprint density at radius 2 is 1.81 bits per heavy atom. The lowest BCUT2D eigenvalue weighted by atomic mass is 10.0. The number of hydrogen-bond donors (Lipinski definition) is 2. The number of carbonyl (C=O) groups is 3. The molecule has 0 aliphatic carbocycles. The molecule has 0 saturated carbocycles. The minimum atomic E-state index is -0.715. The van der Waals surface area contributed by atoms with Gasteiger partial charge in [-0.15, -0.1) is 0 Å². The molecule has 1 aliphatic heterocycles. The molecule has 1 aliphatic rings. The quantitative estimate of drug-likeness (QED) is 0.713. The van der Waals surface area contributed by atoms with E-state index in [1.165, 1.54) is 0 Å². The third kappa shape index (κ3) is 5.23. The van der Waals surface area contributed by atoms with E-state index in [4.69, 9.17) is 4.74 Å². The summed E-state index contributed by atoms with van der Waals surface area (Å²) in [5.74, 6) is -0.132. The number of aryl methyl sites for hydroxylation is 1. The van der Waals surface area contributed by atoms with Crippen molar-refractivity contribution in [3.8, 4) is 5.75 Å². The fraction of sp³-hybridized carbons (Fsp3) is 0.375. The summed E-state index contributed by atoms with van der Waals surface area (Å²) in [7, 11) is 1.55. The minimum Gasteiger partial charge on any atom is -0.495 e. The molecule has 0 bridgehead atoms. The maximum atomic E-state index is 13.0. The number of hydrogen-bond acceptors (Lipinski definition) is 4. The zero-order chi connectivity index (χ0) is 22.5. The van der Waals surface area contributed by atoms with Gasteiger partial charge in [0.05, 0.1) is 12.8 Å². The van der Waals surface area contributed by atoms with Gasteiger partial charge in [-0.3, -0.25) is 14.4 Å². The van der Waals surface area contributed by atoms with Crippen LogP contribution >= 0.6 is 0 Å². The summed E-state index contributed by atoms with van der Waals surface area (Å²) in [4.78, 5) is 39.5. The highest BCUT2D eigenvalue weighted by molar-refractivity contribution is 6.02. The molecule has 0 radical (unpaired) electrons. The Hall–Kier alpha value is -3.35. The smallest absolute Gasteiger partial charge is 0.251 e. The van der Waals surface area contributed by atoms with Crippen LogP contribution in [0.25, 0.3) is 0 Å². The third-order valence-electron chi connectivity index (χ3n) is 5.36. The fourth-order valence-electron chi connectivity index (χ4n) is 3.57. The first kappa shape index (κ1) is 22.3. The Morgan fingerprint density at radius 1 is 1.10 bits per heavy atom. The molecule has 1 fully saturated rings. The summed E-state index contributed by atoms with van der Waals surface area (Å²) in [6.07, 6.45) is 1.29. The Labute approximate surface area is 182 Å². The number of nitrogens with one attached hydrogen (secondary N) is 2. The molecule has 1 saturated heterocycles. The van der Waals surface area contributed by atoms with Crippen molar-refractivity contribution in [3.63, 3.8) is 0 Å². The molecule has 1 unspecified atom stereocenters. The summed E-state index contributed by atoms with van der Waals surface area (Å²) in [6.45, 7) is 6.32. The topological polar surface area (TPSA) is 87.7 Å². The van der Waals surface area contributed by atoms with Crippen molar-refractivity contribution >= 4 is 29.1 Å². The van der Waals surface area contributed by atoms with Crippen LogP contribution in [0.3, 0.4) is 0 Å². The number of amides is 3. The highest BCUT2D eigenvalue weighted by Gasteiger charge is 2.27. The summed E-state index contributed by atoms with van der Waals surface area (Å²) in [6, 6.07) is 11.7. The SMILES string of the molecule is COc1ccc(NC(=O)C(NC(=O)c2ccc(C)cc2)C(C)C)cc1N1CCCC1=O. The first-order valence-electron chi connectivity index (χ1n) is 10.5. The van der Waals surface area contributed by atoms with E-state index in [0.29, 0.717) is 35.7 Å². The fourth-order valence-corrected chi connectivity index (χ4v) is 3.57. The number of anilines is 2. The van der Waals surface area contributed by atoms with E-state index < -0.39 is 6.04 Å². The predicted molar refractivity (Wildman–Crippen MR) is 120 cm³/mol. The van der Waals surface area contributed by atoms with Gasteiger partial charge >= 0.3 is 0 Å². The van der Waals surface area contributed by atoms with Crippen molar-refractivity contribution in [1.82, 2.24) is 5.32 Å². The van der Waals surface area contributed by atoms with E-state index in [9.17, 15) is 14.4 Å². The minimum absolute atomic E-state index is 0.0344. The molecule has 0 spiro atoms. The van der Waals surface area contributed by atoms with Gasteiger partial charge in [-0.1, -0.05) is 31.5 Å². The van der Waals surface area contributed by atoms with Crippen molar-refractivity contribution < 1.29 is 19.1 Å². The van der Waals surface area contributed by atoms with E-state index in [1.54, 1.807) is 42.3 Å². The monoisotopic (exact) mass is 423 g/mol. The Balaban J connectivity index is 1.76. The Bertz CT molecular complexity index is 969. The third-order valence-corrected chi connectivity index (χ3v) is 5.36. The van der Waals surface area contributed by atoms with Gasteiger partial charge < -0.3 is 20.3 Å². The van der Waals surface area contributed by atoms with Crippen LogP contribution in [0.5, 0.6) is 5.75 Å². The predicted octanol–water partition coefficient (Wildman–Crippen LogP) is 3.52. The zero-order valence-corrected chi connectivity index (χ0v) is 18.4. The zero-order valence-electron chi connectivity index (χ0n) is 18.4. The molecule has 7 heteroatoms. The van der Waals surface area contributed by atoms with Gasteiger partial charge in [0, 0.05) is 24.2 Å². The number of carbonyl (C=O) groups excluding carboxylic acids is 3. The van der Waals surface area contributed by atoms with Gasteiger partial charge in [0.15, 0.2) is 0 Å². The van der Waals surface area contributed by atoms with E-state index >= 15 is 0 Å². The lowest BCUT2D eigenvalue weighted by Gasteiger charge is -2.23. The lowest BCUT2D eigenvalue weighted by Crippen LogP contribution is -2.47. The highest BCUT2D eigenvalue weighted by atomic mass is 16.5. The normalized spacial score (nSPS) is 14.5. The Morgan fingerprint density at radius 3 is 2.39 bits per heavy atom. The molecular formula is C24H29N3O4. The number of ether oxygens (including phenoxy) is 1. The summed E-state index contributed by atoms with van der Waals surface area (Å²) in [5, 5.41) is 5.70. The molecule has 3 rings (SSSR count). The molecule has 7 nitrogen and oxygen atoms in total. The largest absolute Gasteiger partial charge is 0.495 e. The van der Waals surface area contributed by atoms with Crippen LogP contribution in [0.15, 0.2) is 42.5 Å². The number of rotatable bonds is 7. The maximum absolute atomic E-state index is 13.0. The molecular weight excluding hydrogens is 394 g/mol. The molecule has 2 N–H and O–H groups in total. The van der Waals surface area contributed by atoms with Crippen LogP contribution in [0, 0.1) is 12.8 Å². The van der Waals surface area contributed by atoms with E-state index in [1.807, 2.05) is 32.9 Å². The van der Waals surface area contributed by atoms with Crippen LogP contribution in [0.1, 0.15) is 42.6 Å². The summed E-state index contributed by atoms with van der Waals surface area (Å²) in [5.41, 5.74) is 2.73. The van der Waals surface area contributed by atoms with Crippen LogP contribution in [-0.4, -0.2) is 37.4 Å². The molecule has 2 aromatic rings. The average Bonchev–Trinajstić information content (AvgIpc) is 3.17. The van der Waals surface area contributed by atoms with Crippen molar-refractivity contribution in [2.24, 2.45) is 5.92 Å². The standard InChI is InChI=1S/C24H29N3O4/c1-15(2)22(26-23(29)17-9-7-16(3)8-10-17)24(30)25-18-11-12-20(31-4)19(14-18)27-13-5-6-21(27)28/h7-12,14-15,22H,5-6,13H2,1-4H3,(H,25,30)(H,26,29). The van der Waals surface area contributed by atoms with Gasteiger partial charge in [0.2, 0.25) is 11.8 Å². The van der Waals surface area contributed by atoms with E-state index in [0.717, 1.165) is 12.0 Å². The average molecular weight is 424 g/mol. The molecule has 164 valence electrons. The van der Waals surface area contributed by atoms with Gasteiger partial charge in [-0.2, -0.15) is 0 Å². The van der Waals surface area contributed by atoms with E-state index in [-0.39, 0.29) is 23.6 Å². The van der Waals surface area contributed by atoms with Crippen molar-refractivity contribution in [3.05, 3.63) is 53.6 Å². The van der Waals surface area contributed by atoms with Crippen molar-refractivity contribution in [2.75, 3.05) is 23.9 Å². The molecule has 2 aromatic carbocycles. The molecule has 31 heavy (non-hydrogen) atoms. The molecule has 0 aromatic heterocycles. The molecule has 3 amide bonds. The number of benzene rings is 2. The first-order chi connectivity index (χ1) is 14.8. The summed E-state index contributed by atoms with van der Waals surface area (Å²) >= 11 is 0. The first-order valence-corrected chi connectivity index (χ1v) is 10.5. The van der Waals surface area contributed by atoms with Crippen LogP contribution < -0.4 is 20.3 Å². The molecule has 1 heterocycles. The highest BCUT2D eigenvalue weighted by Crippen LogP contribution is 2.34. The van der Waals surface area contributed by atoms with Gasteiger partial charge in [0.1, 0.15) is 11.8 Å². The van der Waals surface area contributed by atoms with Crippen LogP contribution in [-0.2, 0) is 9.59 Å². The van der Waals surface area contributed by atoms with Crippen LogP contribution in [0.4, 0.5) is 11.4 Å². The van der Waals surface area contributed by atoms with E-state index in [2.05, 4.69) is 10.6 Å². The van der Waals surface area contributed by atoms with Crippen LogP contribution in [0.2, 0.25) is 0 Å². The summed E-state index contributed by atoms with van der Waals surface area (Å²) < 4.78 is 5.40. The lowest BCUT2D eigenvalue weighted by molar-refractivity contribution is -0.119. The van der Waals surface area contributed by atoms with Gasteiger partial charge in [0.25, 0.3) is 5.91 Å². The van der Waals surface area contributed by atoms with Gasteiger partial charge in [-0.25, -0.2) is 0 Å². The number of nitrogens with zero attached hydrogens (tertiary/aromatic N) is 1. The van der Waals surface area contributed by atoms with Crippen molar-refractivity contribution in [2.45, 2.75) is 39.7 Å². The molecule has 1 atom stereocenters. The van der Waals surface area contributed by atoms with Crippen molar-refractivity contribution in [1.29, 1.82) is 0 Å².